The van der Waals surface area contributed by atoms with E-state index in [0.29, 0.717) is 5.69 Å². The molecule has 94 valence electrons. The molecule has 0 fully saturated rings. The van der Waals surface area contributed by atoms with Gasteiger partial charge >= 0.3 is 5.97 Å². The van der Waals surface area contributed by atoms with Crippen LogP contribution in [0.4, 0.5) is 5.69 Å². The van der Waals surface area contributed by atoms with Gasteiger partial charge in [-0.25, -0.2) is 8.42 Å². The number of carbonyl (C=O) groups excluding carboxylic acids is 1. The van der Waals surface area contributed by atoms with Crippen molar-refractivity contribution < 1.29 is 17.9 Å². The SMILES string of the molecule is COC(=O)C(C)S(=O)(=O)Nc1cccc(I)c1. The Morgan fingerprint density at radius 2 is 2.12 bits per heavy atom. The molecule has 1 aromatic carbocycles. The summed E-state index contributed by atoms with van der Waals surface area (Å²) in [5.74, 6) is -0.789. The molecule has 0 spiro atoms. The Kier molecular flexibility index (Phi) is 4.75. The first kappa shape index (κ1) is 14.2. The molecule has 1 atom stereocenters. The van der Waals surface area contributed by atoms with Crippen molar-refractivity contribution in [3.05, 3.63) is 27.8 Å². The Labute approximate surface area is 114 Å². The monoisotopic (exact) mass is 369 g/mol. The van der Waals surface area contributed by atoms with Gasteiger partial charge in [-0.2, -0.15) is 0 Å². The average Bonchev–Trinajstić information content (AvgIpc) is 2.26. The predicted octanol–water partition coefficient (Wildman–Crippen LogP) is 1.59. The molecule has 0 aliphatic carbocycles. The van der Waals surface area contributed by atoms with Crippen LogP contribution in [-0.2, 0) is 19.6 Å². The average molecular weight is 369 g/mol. The van der Waals surface area contributed by atoms with Crippen molar-refractivity contribution in [1.29, 1.82) is 0 Å². The summed E-state index contributed by atoms with van der Waals surface area (Å²) in [4.78, 5) is 11.2. The van der Waals surface area contributed by atoms with Crippen LogP contribution in [0.3, 0.4) is 0 Å². The minimum Gasteiger partial charge on any atom is -0.468 e. The maximum absolute atomic E-state index is 11.8. The van der Waals surface area contributed by atoms with Crippen molar-refractivity contribution in [2.45, 2.75) is 12.2 Å². The normalized spacial score (nSPS) is 12.9. The topological polar surface area (TPSA) is 72.5 Å². The molecule has 0 aliphatic heterocycles. The van der Waals surface area contributed by atoms with Crippen LogP contribution in [0, 0.1) is 3.57 Å². The third-order valence-electron chi connectivity index (χ3n) is 2.08. The van der Waals surface area contributed by atoms with E-state index in [-0.39, 0.29) is 0 Å². The van der Waals surface area contributed by atoms with E-state index in [2.05, 4.69) is 32.0 Å². The van der Waals surface area contributed by atoms with E-state index in [9.17, 15) is 13.2 Å². The first-order valence-corrected chi connectivity index (χ1v) is 7.34. The second kappa shape index (κ2) is 5.67. The van der Waals surface area contributed by atoms with Gasteiger partial charge < -0.3 is 4.74 Å². The van der Waals surface area contributed by atoms with E-state index >= 15 is 0 Å². The highest BCUT2D eigenvalue weighted by Gasteiger charge is 2.28. The number of nitrogens with one attached hydrogen (secondary N) is 1. The number of halogens is 1. The van der Waals surface area contributed by atoms with E-state index < -0.39 is 21.2 Å². The lowest BCUT2D eigenvalue weighted by molar-refractivity contribution is -0.139. The van der Waals surface area contributed by atoms with Gasteiger partial charge in [-0.05, 0) is 47.7 Å². The van der Waals surface area contributed by atoms with Crippen LogP contribution in [0.25, 0.3) is 0 Å². The quantitative estimate of drug-likeness (QED) is 0.647. The molecule has 0 aliphatic rings. The molecule has 0 aromatic heterocycles. The second-order valence-corrected chi connectivity index (χ2v) is 6.57. The highest BCUT2D eigenvalue weighted by Crippen LogP contribution is 2.15. The molecule has 17 heavy (non-hydrogen) atoms. The molecule has 0 radical (unpaired) electrons. The van der Waals surface area contributed by atoms with Crippen LogP contribution in [0.15, 0.2) is 24.3 Å². The highest BCUT2D eigenvalue weighted by atomic mass is 127. The first-order chi connectivity index (χ1) is 7.86. The van der Waals surface area contributed by atoms with Crippen molar-refractivity contribution in [2.24, 2.45) is 0 Å². The maximum Gasteiger partial charge on any atom is 0.325 e. The predicted molar refractivity (Wildman–Crippen MR) is 73.2 cm³/mol. The molecule has 1 N–H and O–H groups in total. The molecule has 0 heterocycles. The molecule has 0 saturated heterocycles. The molecule has 5 nitrogen and oxygen atoms in total. The minimum atomic E-state index is -3.77. The summed E-state index contributed by atoms with van der Waals surface area (Å²) < 4.78 is 31.2. The van der Waals surface area contributed by atoms with Crippen molar-refractivity contribution in [3.63, 3.8) is 0 Å². The Morgan fingerprint density at radius 1 is 1.47 bits per heavy atom. The van der Waals surface area contributed by atoms with Crippen LogP contribution in [0.1, 0.15) is 6.92 Å². The maximum atomic E-state index is 11.8. The number of carbonyl (C=O) groups is 1. The number of rotatable bonds is 4. The first-order valence-electron chi connectivity index (χ1n) is 4.72. The fourth-order valence-electron chi connectivity index (χ4n) is 1.10. The van der Waals surface area contributed by atoms with Crippen molar-refractivity contribution >= 4 is 44.3 Å². The van der Waals surface area contributed by atoms with Gasteiger partial charge in [0.2, 0.25) is 10.0 Å². The van der Waals surface area contributed by atoms with E-state index in [0.717, 1.165) is 10.7 Å². The number of hydrogen-bond acceptors (Lipinski definition) is 4. The minimum absolute atomic E-state index is 0.424. The van der Waals surface area contributed by atoms with Crippen LogP contribution in [-0.4, -0.2) is 26.7 Å². The number of methoxy groups -OCH3 is 1. The van der Waals surface area contributed by atoms with Crippen molar-refractivity contribution in [3.8, 4) is 0 Å². The number of sulfonamides is 1. The van der Waals surface area contributed by atoms with Crippen LogP contribution in [0.2, 0.25) is 0 Å². The summed E-state index contributed by atoms with van der Waals surface area (Å²) in [5, 5.41) is -1.25. The Hall–Kier alpha value is -0.830. The molecular formula is C10H12INO4S. The van der Waals surface area contributed by atoms with Crippen molar-refractivity contribution in [1.82, 2.24) is 0 Å². The standard InChI is InChI=1S/C10H12INO4S/c1-7(10(13)16-2)17(14,15)12-9-5-3-4-8(11)6-9/h3-7,12H,1-2H3. The summed E-state index contributed by atoms with van der Waals surface area (Å²) in [6.45, 7) is 1.28. The van der Waals surface area contributed by atoms with Gasteiger partial charge in [0.1, 0.15) is 0 Å². The van der Waals surface area contributed by atoms with E-state index in [1.165, 1.54) is 6.92 Å². The van der Waals surface area contributed by atoms with Crippen LogP contribution < -0.4 is 4.72 Å². The van der Waals surface area contributed by atoms with Gasteiger partial charge in [-0.3, -0.25) is 9.52 Å². The highest BCUT2D eigenvalue weighted by molar-refractivity contribution is 14.1. The van der Waals surface area contributed by atoms with Gasteiger partial charge in [-0.1, -0.05) is 6.07 Å². The zero-order chi connectivity index (χ0) is 13.1. The van der Waals surface area contributed by atoms with Gasteiger partial charge in [0, 0.05) is 9.26 Å². The Morgan fingerprint density at radius 3 is 2.65 bits per heavy atom. The number of benzene rings is 1. The molecule has 0 saturated carbocycles. The third kappa shape index (κ3) is 3.84. The lowest BCUT2D eigenvalue weighted by atomic mass is 10.3. The molecular weight excluding hydrogens is 357 g/mol. The summed E-state index contributed by atoms with van der Waals surface area (Å²) in [5.41, 5.74) is 0.424. The summed E-state index contributed by atoms with van der Waals surface area (Å²) >= 11 is 2.07. The van der Waals surface area contributed by atoms with Crippen LogP contribution in [0.5, 0.6) is 0 Å². The van der Waals surface area contributed by atoms with Gasteiger partial charge in [0.05, 0.1) is 7.11 Å². The number of esters is 1. The summed E-state index contributed by atoms with van der Waals surface area (Å²) in [7, 11) is -2.62. The van der Waals surface area contributed by atoms with E-state index in [1.54, 1.807) is 18.2 Å². The third-order valence-corrected chi connectivity index (χ3v) is 4.40. The Bertz CT molecular complexity index is 515. The fraction of sp³-hybridized carbons (Fsp3) is 0.300. The number of hydrogen-bond donors (Lipinski definition) is 1. The molecule has 7 heteroatoms. The largest absolute Gasteiger partial charge is 0.468 e. The molecule has 1 aromatic rings. The second-order valence-electron chi connectivity index (χ2n) is 3.32. The van der Waals surface area contributed by atoms with E-state index in [1.807, 2.05) is 6.07 Å². The zero-order valence-electron chi connectivity index (χ0n) is 9.31. The molecule has 0 bridgehead atoms. The van der Waals surface area contributed by atoms with E-state index in [4.69, 9.17) is 0 Å². The lowest BCUT2D eigenvalue weighted by Crippen LogP contribution is -2.33. The lowest BCUT2D eigenvalue weighted by Gasteiger charge is -2.12. The van der Waals surface area contributed by atoms with Gasteiger partial charge in [-0.15, -0.1) is 0 Å². The van der Waals surface area contributed by atoms with Crippen molar-refractivity contribution in [2.75, 3.05) is 11.8 Å². The van der Waals surface area contributed by atoms with Gasteiger partial charge in [0.15, 0.2) is 5.25 Å². The zero-order valence-corrected chi connectivity index (χ0v) is 12.3. The summed E-state index contributed by atoms with van der Waals surface area (Å²) in [6, 6.07) is 6.84. The molecule has 1 rings (SSSR count). The number of ether oxygens (including phenoxy) is 1. The Balaban J connectivity index is 2.90. The fourth-order valence-corrected chi connectivity index (χ4v) is 2.62. The van der Waals surface area contributed by atoms with Gasteiger partial charge in [0.25, 0.3) is 0 Å². The molecule has 0 amide bonds. The number of anilines is 1. The smallest absolute Gasteiger partial charge is 0.325 e. The van der Waals surface area contributed by atoms with Crippen LogP contribution >= 0.6 is 22.6 Å². The molecule has 1 unspecified atom stereocenters. The summed E-state index contributed by atoms with van der Waals surface area (Å²) in [6.07, 6.45) is 0.